The number of anilines is 1. The van der Waals surface area contributed by atoms with Crippen LogP contribution in [0.1, 0.15) is 42.7 Å². The van der Waals surface area contributed by atoms with Gasteiger partial charge in [-0.15, -0.1) is 11.3 Å². The number of amides is 1. The second-order valence-electron chi connectivity index (χ2n) is 4.64. The molecule has 0 unspecified atom stereocenters. The molecule has 0 aliphatic carbocycles. The number of carbonyl (C=O) groups is 1. The molecule has 1 N–H and O–H groups in total. The highest BCUT2D eigenvalue weighted by atomic mass is 32.1. The lowest BCUT2D eigenvalue weighted by Gasteiger charge is -2.05. The standard InChI is InChI=1S/C15H18N2O2S/c1-4-19-12-7-5-11(6-8-12)14(18)17-15-16-13(9-20-15)10(2)3/h5-10H,4H2,1-3H3,(H,16,17,18). The maximum Gasteiger partial charge on any atom is 0.257 e. The maximum atomic E-state index is 12.1. The van der Waals surface area contributed by atoms with Crippen LogP contribution in [0.5, 0.6) is 5.75 Å². The van der Waals surface area contributed by atoms with Gasteiger partial charge in [-0.25, -0.2) is 4.98 Å². The van der Waals surface area contributed by atoms with Crippen LogP contribution in [0.2, 0.25) is 0 Å². The van der Waals surface area contributed by atoms with Crippen molar-refractivity contribution in [3.63, 3.8) is 0 Å². The zero-order valence-corrected chi connectivity index (χ0v) is 12.7. The predicted molar refractivity (Wildman–Crippen MR) is 81.8 cm³/mol. The van der Waals surface area contributed by atoms with Crippen molar-refractivity contribution < 1.29 is 9.53 Å². The van der Waals surface area contributed by atoms with Crippen LogP contribution in [-0.2, 0) is 0 Å². The minimum absolute atomic E-state index is 0.155. The number of rotatable bonds is 5. The Labute approximate surface area is 122 Å². The normalized spacial score (nSPS) is 10.6. The van der Waals surface area contributed by atoms with Gasteiger partial charge in [-0.1, -0.05) is 13.8 Å². The fourth-order valence-corrected chi connectivity index (χ4v) is 2.51. The quantitative estimate of drug-likeness (QED) is 0.908. The van der Waals surface area contributed by atoms with Gasteiger partial charge in [0, 0.05) is 10.9 Å². The van der Waals surface area contributed by atoms with Crippen molar-refractivity contribution in [1.82, 2.24) is 4.98 Å². The fraction of sp³-hybridized carbons (Fsp3) is 0.333. The molecule has 0 aliphatic heterocycles. The van der Waals surface area contributed by atoms with Crippen LogP contribution in [0.3, 0.4) is 0 Å². The number of ether oxygens (including phenoxy) is 1. The first kappa shape index (κ1) is 14.5. The lowest BCUT2D eigenvalue weighted by atomic mass is 10.2. The second-order valence-corrected chi connectivity index (χ2v) is 5.50. The molecule has 1 heterocycles. The van der Waals surface area contributed by atoms with Crippen molar-refractivity contribution in [2.75, 3.05) is 11.9 Å². The van der Waals surface area contributed by atoms with Crippen molar-refractivity contribution in [1.29, 1.82) is 0 Å². The molecule has 0 saturated heterocycles. The first-order chi connectivity index (χ1) is 9.60. The Morgan fingerprint density at radius 1 is 1.35 bits per heavy atom. The van der Waals surface area contributed by atoms with Gasteiger partial charge in [0.05, 0.1) is 12.3 Å². The molecule has 0 aliphatic rings. The van der Waals surface area contributed by atoms with Crippen LogP contribution >= 0.6 is 11.3 Å². The van der Waals surface area contributed by atoms with Crippen LogP contribution in [0.15, 0.2) is 29.6 Å². The number of aromatic nitrogens is 1. The van der Waals surface area contributed by atoms with Crippen LogP contribution in [0.25, 0.3) is 0 Å². The molecule has 0 spiro atoms. The molecule has 106 valence electrons. The van der Waals surface area contributed by atoms with Gasteiger partial charge in [-0.3, -0.25) is 10.1 Å². The average molecular weight is 290 g/mol. The predicted octanol–water partition coefficient (Wildman–Crippen LogP) is 3.92. The highest BCUT2D eigenvalue weighted by molar-refractivity contribution is 7.14. The van der Waals surface area contributed by atoms with Crippen molar-refractivity contribution in [2.24, 2.45) is 0 Å². The summed E-state index contributed by atoms with van der Waals surface area (Å²) in [6.45, 7) is 6.69. The van der Waals surface area contributed by atoms with Crippen molar-refractivity contribution >= 4 is 22.4 Å². The molecule has 1 aromatic heterocycles. The minimum Gasteiger partial charge on any atom is -0.494 e. The van der Waals surface area contributed by atoms with Gasteiger partial charge in [-0.05, 0) is 37.1 Å². The lowest BCUT2D eigenvalue weighted by Crippen LogP contribution is -2.11. The number of hydrogen-bond acceptors (Lipinski definition) is 4. The third-order valence-electron chi connectivity index (χ3n) is 2.76. The van der Waals surface area contributed by atoms with Gasteiger partial charge < -0.3 is 4.74 Å². The van der Waals surface area contributed by atoms with E-state index in [1.54, 1.807) is 24.3 Å². The lowest BCUT2D eigenvalue weighted by molar-refractivity contribution is 0.102. The number of nitrogens with zero attached hydrogens (tertiary/aromatic N) is 1. The summed E-state index contributed by atoms with van der Waals surface area (Å²) in [5.41, 5.74) is 1.59. The summed E-state index contributed by atoms with van der Waals surface area (Å²) in [6, 6.07) is 7.08. The topological polar surface area (TPSA) is 51.2 Å². The van der Waals surface area contributed by atoms with E-state index in [2.05, 4.69) is 24.1 Å². The molecule has 20 heavy (non-hydrogen) atoms. The molecular formula is C15H18N2O2S. The summed E-state index contributed by atoms with van der Waals surface area (Å²) >= 11 is 1.44. The van der Waals surface area contributed by atoms with E-state index in [1.807, 2.05) is 12.3 Å². The monoisotopic (exact) mass is 290 g/mol. The number of hydrogen-bond donors (Lipinski definition) is 1. The van der Waals surface area contributed by atoms with Crippen LogP contribution in [0, 0.1) is 0 Å². The summed E-state index contributed by atoms with van der Waals surface area (Å²) in [4.78, 5) is 16.5. The van der Waals surface area contributed by atoms with Crippen LogP contribution < -0.4 is 10.1 Å². The SMILES string of the molecule is CCOc1ccc(C(=O)Nc2nc(C(C)C)cs2)cc1. The average Bonchev–Trinajstić information content (AvgIpc) is 2.88. The molecule has 0 radical (unpaired) electrons. The molecule has 0 fully saturated rings. The van der Waals surface area contributed by atoms with E-state index in [9.17, 15) is 4.79 Å². The second kappa shape index (κ2) is 6.52. The van der Waals surface area contributed by atoms with Crippen LogP contribution in [-0.4, -0.2) is 17.5 Å². The Morgan fingerprint density at radius 2 is 2.05 bits per heavy atom. The first-order valence-corrected chi connectivity index (χ1v) is 7.47. The van der Waals surface area contributed by atoms with Crippen molar-refractivity contribution in [2.45, 2.75) is 26.7 Å². The van der Waals surface area contributed by atoms with E-state index < -0.39 is 0 Å². The molecule has 2 aromatic rings. The summed E-state index contributed by atoms with van der Waals surface area (Å²) in [5.74, 6) is 0.973. The highest BCUT2D eigenvalue weighted by Gasteiger charge is 2.10. The first-order valence-electron chi connectivity index (χ1n) is 6.59. The van der Waals surface area contributed by atoms with Crippen molar-refractivity contribution in [3.8, 4) is 5.75 Å². The summed E-state index contributed by atoms with van der Waals surface area (Å²) < 4.78 is 5.35. The molecule has 1 amide bonds. The van der Waals surface area contributed by atoms with Gasteiger partial charge in [0.15, 0.2) is 5.13 Å². The molecule has 2 rings (SSSR count). The third kappa shape index (κ3) is 3.57. The molecule has 1 aromatic carbocycles. The summed E-state index contributed by atoms with van der Waals surface area (Å²) in [5, 5.41) is 5.42. The van der Waals surface area contributed by atoms with E-state index in [0.29, 0.717) is 23.2 Å². The summed E-state index contributed by atoms with van der Waals surface area (Å²) in [7, 11) is 0. The minimum atomic E-state index is -0.155. The van der Waals surface area contributed by atoms with Crippen molar-refractivity contribution in [3.05, 3.63) is 40.9 Å². The van der Waals surface area contributed by atoms with E-state index in [1.165, 1.54) is 11.3 Å². The third-order valence-corrected chi connectivity index (χ3v) is 3.54. The van der Waals surface area contributed by atoms with Gasteiger partial charge in [0.1, 0.15) is 5.75 Å². The van der Waals surface area contributed by atoms with Gasteiger partial charge >= 0.3 is 0 Å². The Balaban J connectivity index is 2.03. The number of carbonyl (C=O) groups excluding carboxylic acids is 1. The number of benzene rings is 1. The Morgan fingerprint density at radius 3 is 2.60 bits per heavy atom. The van der Waals surface area contributed by atoms with E-state index in [0.717, 1.165) is 11.4 Å². The van der Waals surface area contributed by atoms with Gasteiger partial charge in [0.25, 0.3) is 5.91 Å². The van der Waals surface area contributed by atoms with E-state index >= 15 is 0 Å². The molecule has 4 nitrogen and oxygen atoms in total. The van der Waals surface area contributed by atoms with Crippen LogP contribution in [0.4, 0.5) is 5.13 Å². The fourth-order valence-electron chi connectivity index (χ4n) is 1.65. The zero-order chi connectivity index (χ0) is 14.5. The highest BCUT2D eigenvalue weighted by Crippen LogP contribution is 2.22. The molecular weight excluding hydrogens is 272 g/mol. The molecule has 0 atom stereocenters. The Hall–Kier alpha value is -1.88. The van der Waals surface area contributed by atoms with E-state index in [-0.39, 0.29) is 5.91 Å². The zero-order valence-electron chi connectivity index (χ0n) is 11.8. The Bertz CT molecular complexity index is 576. The summed E-state index contributed by atoms with van der Waals surface area (Å²) in [6.07, 6.45) is 0. The Kier molecular flexibility index (Phi) is 4.74. The molecule has 0 saturated carbocycles. The molecule has 5 heteroatoms. The number of thiazole rings is 1. The van der Waals surface area contributed by atoms with Gasteiger partial charge in [-0.2, -0.15) is 0 Å². The largest absolute Gasteiger partial charge is 0.494 e. The molecule has 0 bridgehead atoms. The maximum absolute atomic E-state index is 12.1. The smallest absolute Gasteiger partial charge is 0.257 e. The number of nitrogens with one attached hydrogen (secondary N) is 1. The van der Waals surface area contributed by atoms with Gasteiger partial charge in [0.2, 0.25) is 0 Å². The van der Waals surface area contributed by atoms with E-state index in [4.69, 9.17) is 4.74 Å².